The number of ketones is 2. The lowest BCUT2D eigenvalue weighted by molar-refractivity contribution is -0.139. The van der Waals surface area contributed by atoms with E-state index in [2.05, 4.69) is 6.92 Å². The number of fused-ring (bicyclic) bond motifs is 5. The van der Waals surface area contributed by atoms with Gasteiger partial charge in [-0.25, -0.2) is 0 Å². The Hall–Kier alpha value is -1.00. The maximum atomic E-state index is 12.2. The number of hydrogen-bond donors (Lipinski definition) is 2. The fourth-order valence-corrected chi connectivity index (χ4v) is 6.90. The van der Waals surface area contributed by atoms with Gasteiger partial charge in [0.05, 0.1) is 6.10 Å². The molecule has 132 valence electrons. The fraction of sp³-hybridized carbons (Fsp3) is 0.800. The van der Waals surface area contributed by atoms with Crippen LogP contribution in [0.3, 0.4) is 0 Å². The predicted molar refractivity (Wildman–Crippen MR) is 89.1 cm³/mol. The Labute approximate surface area is 143 Å². The Morgan fingerprint density at radius 2 is 2.04 bits per heavy atom. The van der Waals surface area contributed by atoms with E-state index in [4.69, 9.17) is 0 Å². The van der Waals surface area contributed by atoms with Gasteiger partial charge < -0.3 is 10.2 Å². The molecule has 0 amide bonds. The molecule has 0 aromatic carbocycles. The summed E-state index contributed by atoms with van der Waals surface area (Å²) in [4.78, 5) is 24.0. The van der Waals surface area contributed by atoms with Gasteiger partial charge in [-0.05, 0) is 73.7 Å². The summed E-state index contributed by atoms with van der Waals surface area (Å²) >= 11 is 0. The molecule has 24 heavy (non-hydrogen) atoms. The predicted octanol–water partition coefficient (Wildman–Crippen LogP) is 2.28. The molecule has 0 aromatic heterocycles. The van der Waals surface area contributed by atoms with Gasteiger partial charge in [0.15, 0.2) is 11.6 Å². The minimum absolute atomic E-state index is 0.0506. The standard InChI is InChI=1S/C20H28O4/c1-20-9-17(23)19-13-5-3-12(22)8-11(13)2-4-14(19)15(20)6-7-16(20)18(24)10-21/h8,13-17,19,21,23H,2-7,9-10H2,1H3/t13-,14-,15-,16+,17-,19+,20-/m0/s1. The Balaban J connectivity index is 1.65. The molecule has 2 N–H and O–H groups in total. The van der Waals surface area contributed by atoms with Crippen molar-refractivity contribution < 1.29 is 19.8 Å². The molecular weight excluding hydrogens is 304 g/mol. The van der Waals surface area contributed by atoms with Crippen molar-refractivity contribution in [3.05, 3.63) is 11.6 Å². The van der Waals surface area contributed by atoms with Crippen molar-refractivity contribution in [2.24, 2.45) is 35.0 Å². The molecule has 0 unspecified atom stereocenters. The number of aliphatic hydroxyl groups is 2. The van der Waals surface area contributed by atoms with E-state index in [0.717, 1.165) is 32.1 Å². The van der Waals surface area contributed by atoms with E-state index in [-0.39, 0.29) is 35.4 Å². The quantitative estimate of drug-likeness (QED) is 0.813. The third-order valence-electron chi connectivity index (χ3n) is 7.81. The van der Waals surface area contributed by atoms with Crippen molar-refractivity contribution in [3.63, 3.8) is 0 Å². The van der Waals surface area contributed by atoms with Gasteiger partial charge in [-0.1, -0.05) is 12.5 Å². The summed E-state index contributed by atoms with van der Waals surface area (Å²) in [5.41, 5.74) is 1.09. The van der Waals surface area contributed by atoms with Crippen LogP contribution in [0.5, 0.6) is 0 Å². The zero-order chi connectivity index (χ0) is 17.1. The number of hydrogen-bond acceptors (Lipinski definition) is 4. The van der Waals surface area contributed by atoms with Crippen LogP contribution in [0.15, 0.2) is 11.6 Å². The molecule has 0 radical (unpaired) electrons. The highest BCUT2D eigenvalue weighted by Gasteiger charge is 2.60. The smallest absolute Gasteiger partial charge is 0.161 e. The molecular formula is C20H28O4. The van der Waals surface area contributed by atoms with Crippen molar-refractivity contribution in [1.29, 1.82) is 0 Å². The summed E-state index contributed by atoms with van der Waals surface area (Å²) in [6.45, 7) is 1.78. The first-order chi connectivity index (χ1) is 11.5. The van der Waals surface area contributed by atoms with Crippen LogP contribution >= 0.6 is 0 Å². The van der Waals surface area contributed by atoms with Gasteiger partial charge in [0.1, 0.15) is 6.61 Å². The molecule has 0 saturated heterocycles. The minimum atomic E-state index is -0.398. The fourth-order valence-electron chi connectivity index (χ4n) is 6.90. The topological polar surface area (TPSA) is 74.6 Å². The monoisotopic (exact) mass is 332 g/mol. The SMILES string of the molecule is C[C@]12C[C@H](O)[C@H]3[C@@H](CCC4=CC(=O)CC[C@@H]43)[C@@H]1CC[C@@H]2C(=O)CO. The lowest BCUT2D eigenvalue weighted by Gasteiger charge is -2.55. The number of carbonyl (C=O) groups is 2. The van der Waals surface area contributed by atoms with Gasteiger partial charge in [0.2, 0.25) is 0 Å². The zero-order valence-electron chi connectivity index (χ0n) is 14.4. The molecule has 3 fully saturated rings. The highest BCUT2D eigenvalue weighted by atomic mass is 16.3. The molecule has 4 nitrogen and oxygen atoms in total. The Morgan fingerprint density at radius 1 is 1.25 bits per heavy atom. The van der Waals surface area contributed by atoms with Crippen LogP contribution in [0, 0.1) is 35.0 Å². The van der Waals surface area contributed by atoms with E-state index >= 15 is 0 Å². The Morgan fingerprint density at radius 3 is 2.79 bits per heavy atom. The average Bonchev–Trinajstić information content (AvgIpc) is 2.90. The van der Waals surface area contributed by atoms with Gasteiger partial charge in [-0.15, -0.1) is 0 Å². The summed E-state index contributed by atoms with van der Waals surface area (Å²) in [6, 6.07) is 0. The Bertz CT molecular complexity index is 594. The second-order valence-corrected chi connectivity index (χ2v) is 8.75. The number of aliphatic hydroxyl groups excluding tert-OH is 2. The van der Waals surface area contributed by atoms with Crippen LogP contribution in [0.2, 0.25) is 0 Å². The first-order valence-corrected chi connectivity index (χ1v) is 9.50. The molecule has 4 aliphatic rings. The second kappa shape index (κ2) is 5.77. The largest absolute Gasteiger partial charge is 0.393 e. The van der Waals surface area contributed by atoms with Crippen LogP contribution in [-0.4, -0.2) is 34.5 Å². The van der Waals surface area contributed by atoms with Crippen LogP contribution in [0.4, 0.5) is 0 Å². The molecule has 0 heterocycles. The summed E-state index contributed by atoms with van der Waals surface area (Å²) in [5, 5.41) is 20.3. The van der Waals surface area contributed by atoms with Gasteiger partial charge in [-0.2, -0.15) is 0 Å². The Kier molecular flexibility index (Phi) is 3.96. The van der Waals surface area contributed by atoms with Crippen molar-refractivity contribution in [2.45, 2.75) is 58.0 Å². The van der Waals surface area contributed by atoms with Crippen molar-refractivity contribution in [2.75, 3.05) is 6.61 Å². The van der Waals surface area contributed by atoms with Gasteiger partial charge >= 0.3 is 0 Å². The van der Waals surface area contributed by atoms with Crippen LogP contribution in [0.1, 0.15) is 51.9 Å². The lowest BCUT2D eigenvalue weighted by Crippen LogP contribution is -2.53. The zero-order valence-corrected chi connectivity index (χ0v) is 14.4. The molecule has 0 aromatic rings. The minimum Gasteiger partial charge on any atom is -0.393 e. The van der Waals surface area contributed by atoms with Gasteiger partial charge in [0, 0.05) is 12.3 Å². The first-order valence-electron chi connectivity index (χ1n) is 9.50. The van der Waals surface area contributed by atoms with E-state index in [1.807, 2.05) is 6.08 Å². The van der Waals surface area contributed by atoms with E-state index in [1.165, 1.54) is 5.57 Å². The molecule has 7 atom stereocenters. The molecule has 0 spiro atoms. The third kappa shape index (κ3) is 2.26. The van der Waals surface area contributed by atoms with E-state index < -0.39 is 6.10 Å². The van der Waals surface area contributed by atoms with E-state index in [9.17, 15) is 19.8 Å². The highest BCUT2D eigenvalue weighted by molar-refractivity contribution is 5.91. The highest BCUT2D eigenvalue weighted by Crippen LogP contribution is 2.63. The normalized spacial score (nSPS) is 47.5. The molecule has 3 saturated carbocycles. The number of allylic oxidation sites excluding steroid dienone is 1. The van der Waals surface area contributed by atoms with Crippen LogP contribution in [-0.2, 0) is 9.59 Å². The molecule has 4 rings (SSSR count). The lowest BCUT2D eigenvalue weighted by atomic mass is 9.50. The molecule has 4 aliphatic carbocycles. The molecule has 4 heteroatoms. The average molecular weight is 332 g/mol. The van der Waals surface area contributed by atoms with Crippen molar-refractivity contribution >= 4 is 11.6 Å². The van der Waals surface area contributed by atoms with Crippen LogP contribution in [0.25, 0.3) is 0 Å². The van der Waals surface area contributed by atoms with E-state index in [0.29, 0.717) is 30.6 Å². The summed E-state index contributed by atoms with van der Waals surface area (Å²) in [5.74, 6) is 1.60. The van der Waals surface area contributed by atoms with Crippen molar-refractivity contribution in [1.82, 2.24) is 0 Å². The number of carbonyl (C=O) groups excluding carboxylic acids is 2. The van der Waals surface area contributed by atoms with Gasteiger partial charge in [0.25, 0.3) is 0 Å². The summed E-state index contributed by atoms with van der Waals surface area (Å²) < 4.78 is 0. The molecule has 0 aliphatic heterocycles. The number of Topliss-reactive ketones (excluding diaryl/α,β-unsaturated/α-hetero) is 1. The van der Waals surface area contributed by atoms with Crippen LogP contribution < -0.4 is 0 Å². The third-order valence-corrected chi connectivity index (χ3v) is 7.81. The second-order valence-electron chi connectivity index (χ2n) is 8.75. The van der Waals surface area contributed by atoms with Crippen molar-refractivity contribution in [3.8, 4) is 0 Å². The van der Waals surface area contributed by atoms with Gasteiger partial charge in [-0.3, -0.25) is 9.59 Å². The maximum absolute atomic E-state index is 12.2. The summed E-state index contributed by atoms with van der Waals surface area (Å²) in [7, 11) is 0. The first kappa shape index (κ1) is 16.5. The number of rotatable bonds is 2. The van der Waals surface area contributed by atoms with E-state index in [1.54, 1.807) is 0 Å². The maximum Gasteiger partial charge on any atom is 0.161 e. The molecule has 0 bridgehead atoms. The summed E-state index contributed by atoms with van der Waals surface area (Å²) in [6.07, 6.45) is 7.47.